The van der Waals surface area contributed by atoms with Crippen molar-refractivity contribution in [1.82, 2.24) is 0 Å². The lowest BCUT2D eigenvalue weighted by Gasteiger charge is -2.12. The largest absolute Gasteiger partial charge is 0.326 e. The summed E-state index contributed by atoms with van der Waals surface area (Å²) in [5.74, 6) is 0.526. The minimum atomic E-state index is -0.235. The van der Waals surface area contributed by atoms with Gasteiger partial charge in [0.2, 0.25) is 0 Å². The molecule has 0 radical (unpaired) electrons. The summed E-state index contributed by atoms with van der Waals surface area (Å²) in [4.78, 5) is 0. The van der Waals surface area contributed by atoms with Crippen molar-refractivity contribution in [2.45, 2.75) is 31.8 Å². The Morgan fingerprint density at radius 1 is 1.40 bits per heavy atom. The van der Waals surface area contributed by atoms with Crippen LogP contribution in [0.5, 0.6) is 0 Å². The third-order valence-corrected chi connectivity index (χ3v) is 3.01. The lowest BCUT2D eigenvalue weighted by molar-refractivity contribution is 0.577. The molecule has 1 aromatic rings. The van der Waals surface area contributed by atoms with Crippen molar-refractivity contribution in [3.05, 3.63) is 35.1 Å². The molecule has 0 aliphatic heterocycles. The molecule has 0 bridgehead atoms. The first-order chi connectivity index (χ1) is 7.20. The summed E-state index contributed by atoms with van der Waals surface area (Å²) < 4.78 is 13.4. The third kappa shape index (κ3) is 2.55. The molecule has 2 nitrogen and oxygen atoms in total. The summed E-state index contributed by atoms with van der Waals surface area (Å²) in [6.07, 6.45) is 3.52. The lowest BCUT2D eigenvalue weighted by atomic mass is 10.0. The van der Waals surface area contributed by atoms with Crippen LogP contribution >= 0.6 is 0 Å². The maximum atomic E-state index is 13.4. The van der Waals surface area contributed by atoms with Gasteiger partial charge in [0, 0.05) is 18.2 Å². The number of halogens is 1. The number of hydrogen-bond donors (Lipinski definition) is 2. The van der Waals surface area contributed by atoms with Crippen molar-refractivity contribution in [3.8, 4) is 0 Å². The summed E-state index contributed by atoms with van der Waals surface area (Å²) in [6.45, 7) is 0.240. The molecule has 0 heterocycles. The minimum Gasteiger partial charge on any atom is -0.326 e. The van der Waals surface area contributed by atoms with Crippen molar-refractivity contribution >= 4 is 0 Å². The van der Waals surface area contributed by atoms with Crippen molar-refractivity contribution in [2.75, 3.05) is 0 Å². The van der Waals surface area contributed by atoms with Crippen LogP contribution in [0.2, 0.25) is 0 Å². The molecule has 2 rings (SSSR count). The van der Waals surface area contributed by atoms with E-state index in [2.05, 4.69) is 0 Å². The van der Waals surface area contributed by atoms with E-state index in [1.807, 2.05) is 6.07 Å². The second-order valence-electron chi connectivity index (χ2n) is 4.34. The highest BCUT2D eigenvalue weighted by atomic mass is 19.1. The van der Waals surface area contributed by atoms with Gasteiger partial charge in [-0.1, -0.05) is 25.0 Å². The molecule has 15 heavy (non-hydrogen) atoms. The van der Waals surface area contributed by atoms with E-state index in [1.54, 1.807) is 6.07 Å². The number of nitrogens with two attached hydrogens (primary N) is 2. The van der Waals surface area contributed by atoms with Crippen LogP contribution < -0.4 is 11.5 Å². The van der Waals surface area contributed by atoms with Gasteiger partial charge in [-0.15, -0.1) is 0 Å². The van der Waals surface area contributed by atoms with Gasteiger partial charge in [0.25, 0.3) is 0 Å². The summed E-state index contributed by atoms with van der Waals surface area (Å²) in [6, 6.07) is 5.11. The molecule has 82 valence electrons. The molecule has 1 fully saturated rings. The van der Waals surface area contributed by atoms with Gasteiger partial charge in [-0.25, -0.2) is 4.39 Å². The van der Waals surface area contributed by atoms with Gasteiger partial charge >= 0.3 is 0 Å². The molecule has 3 heteroatoms. The van der Waals surface area contributed by atoms with Gasteiger partial charge in [0.15, 0.2) is 0 Å². The summed E-state index contributed by atoms with van der Waals surface area (Å²) in [7, 11) is 0. The van der Waals surface area contributed by atoms with E-state index in [9.17, 15) is 4.39 Å². The fourth-order valence-electron chi connectivity index (χ4n) is 1.81. The Morgan fingerprint density at radius 2 is 2.13 bits per heavy atom. The molecular weight excluding hydrogens is 191 g/mol. The van der Waals surface area contributed by atoms with Gasteiger partial charge in [0.05, 0.1) is 0 Å². The molecule has 0 saturated heterocycles. The summed E-state index contributed by atoms with van der Waals surface area (Å²) >= 11 is 0. The molecule has 4 N–H and O–H groups in total. The van der Waals surface area contributed by atoms with Gasteiger partial charge in [0.1, 0.15) is 5.82 Å². The average Bonchev–Trinajstić information content (AvgIpc) is 3.01. The first-order valence-electron chi connectivity index (χ1n) is 5.44. The first-order valence-corrected chi connectivity index (χ1v) is 5.44. The molecule has 0 spiro atoms. The molecule has 1 aliphatic carbocycles. The second-order valence-corrected chi connectivity index (χ2v) is 4.34. The van der Waals surface area contributed by atoms with Crippen LogP contribution in [-0.2, 0) is 6.54 Å². The van der Waals surface area contributed by atoms with Crippen molar-refractivity contribution in [2.24, 2.45) is 17.4 Å². The monoisotopic (exact) mass is 208 g/mol. The Hall–Kier alpha value is -0.930. The van der Waals surface area contributed by atoms with E-state index < -0.39 is 0 Å². The Kier molecular flexibility index (Phi) is 3.03. The van der Waals surface area contributed by atoms with Crippen LogP contribution in [0.3, 0.4) is 0 Å². The predicted octanol–water partition coefficient (Wildman–Crippen LogP) is 2.08. The maximum Gasteiger partial charge on any atom is 0.128 e. The van der Waals surface area contributed by atoms with E-state index in [-0.39, 0.29) is 18.4 Å². The fraction of sp³-hybridized carbons (Fsp3) is 0.500. The standard InChI is InChI=1S/C12H17FN2/c13-11-6-9(3-4-10(11)7-14)12(15)5-8-1-2-8/h3-4,6,8,12H,1-2,5,7,14-15H2/t12-/m0/s1. The van der Waals surface area contributed by atoms with Crippen molar-refractivity contribution in [3.63, 3.8) is 0 Å². The zero-order valence-corrected chi connectivity index (χ0v) is 8.75. The number of hydrogen-bond acceptors (Lipinski definition) is 2. The third-order valence-electron chi connectivity index (χ3n) is 3.01. The zero-order valence-electron chi connectivity index (χ0n) is 8.75. The van der Waals surface area contributed by atoms with E-state index in [0.717, 1.165) is 17.9 Å². The highest BCUT2D eigenvalue weighted by Gasteiger charge is 2.24. The molecule has 1 saturated carbocycles. The SMILES string of the molecule is NCc1ccc([C@@H](N)CC2CC2)cc1F. The summed E-state index contributed by atoms with van der Waals surface area (Å²) in [5, 5.41) is 0. The molecular formula is C12H17FN2. The summed E-state index contributed by atoms with van der Waals surface area (Å²) in [5.41, 5.74) is 12.8. The van der Waals surface area contributed by atoms with Crippen LogP contribution in [-0.4, -0.2) is 0 Å². The van der Waals surface area contributed by atoms with Crippen LogP contribution in [0.25, 0.3) is 0 Å². The lowest BCUT2D eigenvalue weighted by Crippen LogP contribution is -2.12. The highest BCUT2D eigenvalue weighted by Crippen LogP contribution is 2.36. The Balaban J connectivity index is 2.09. The first kappa shape index (κ1) is 10.6. The molecule has 0 unspecified atom stereocenters. The van der Waals surface area contributed by atoms with E-state index in [4.69, 9.17) is 11.5 Å². The molecule has 1 aliphatic rings. The molecule has 1 atom stereocenters. The Bertz CT molecular complexity index is 347. The van der Waals surface area contributed by atoms with Gasteiger partial charge < -0.3 is 11.5 Å². The topological polar surface area (TPSA) is 52.0 Å². The number of rotatable bonds is 4. The van der Waals surface area contributed by atoms with E-state index in [0.29, 0.717) is 5.56 Å². The van der Waals surface area contributed by atoms with Crippen LogP contribution in [0.15, 0.2) is 18.2 Å². The second kappa shape index (κ2) is 4.29. The van der Waals surface area contributed by atoms with Crippen LogP contribution in [0.4, 0.5) is 4.39 Å². The van der Waals surface area contributed by atoms with E-state index >= 15 is 0 Å². The molecule has 0 amide bonds. The maximum absolute atomic E-state index is 13.4. The Labute approximate surface area is 89.5 Å². The number of benzene rings is 1. The van der Waals surface area contributed by atoms with Gasteiger partial charge in [-0.05, 0) is 24.0 Å². The highest BCUT2D eigenvalue weighted by molar-refractivity contribution is 5.26. The van der Waals surface area contributed by atoms with Crippen LogP contribution in [0.1, 0.15) is 36.4 Å². The van der Waals surface area contributed by atoms with Gasteiger partial charge in [-0.3, -0.25) is 0 Å². The normalized spacial score (nSPS) is 17.8. The van der Waals surface area contributed by atoms with Gasteiger partial charge in [-0.2, -0.15) is 0 Å². The molecule has 0 aromatic heterocycles. The Morgan fingerprint density at radius 3 is 2.67 bits per heavy atom. The molecule has 1 aromatic carbocycles. The quantitative estimate of drug-likeness (QED) is 0.796. The average molecular weight is 208 g/mol. The van der Waals surface area contributed by atoms with E-state index in [1.165, 1.54) is 18.9 Å². The van der Waals surface area contributed by atoms with Crippen LogP contribution in [0, 0.1) is 11.7 Å². The van der Waals surface area contributed by atoms with Crippen molar-refractivity contribution < 1.29 is 4.39 Å². The van der Waals surface area contributed by atoms with Crippen molar-refractivity contribution in [1.29, 1.82) is 0 Å². The zero-order chi connectivity index (χ0) is 10.8. The minimum absolute atomic E-state index is 0.0289. The smallest absolute Gasteiger partial charge is 0.128 e. The fourth-order valence-corrected chi connectivity index (χ4v) is 1.81. The predicted molar refractivity (Wildman–Crippen MR) is 58.6 cm³/mol.